The van der Waals surface area contributed by atoms with E-state index >= 15 is 0 Å². The SMILES string of the molecule is COC(=O)Cc1nc2[nH]c(SC)c(C(N)=O)c2c(=O)[nH]1. The summed E-state index contributed by atoms with van der Waals surface area (Å²) in [6.07, 6.45) is 1.57. The van der Waals surface area contributed by atoms with E-state index in [0.29, 0.717) is 5.03 Å². The highest BCUT2D eigenvalue weighted by Gasteiger charge is 2.20. The topological polar surface area (TPSA) is 131 Å². The Bertz CT molecular complexity index is 749. The van der Waals surface area contributed by atoms with Gasteiger partial charge in [0.05, 0.1) is 23.1 Å². The highest BCUT2D eigenvalue weighted by molar-refractivity contribution is 7.98. The minimum Gasteiger partial charge on any atom is -0.469 e. The van der Waals surface area contributed by atoms with Crippen molar-refractivity contribution in [1.82, 2.24) is 15.0 Å². The third-order valence-corrected chi connectivity index (χ3v) is 3.38. The van der Waals surface area contributed by atoms with Crippen LogP contribution < -0.4 is 11.3 Å². The van der Waals surface area contributed by atoms with Gasteiger partial charge in [0.15, 0.2) is 0 Å². The van der Waals surface area contributed by atoms with Gasteiger partial charge in [-0.3, -0.25) is 14.4 Å². The van der Waals surface area contributed by atoms with Gasteiger partial charge in [-0.2, -0.15) is 0 Å². The Labute approximate surface area is 117 Å². The molecule has 4 N–H and O–H groups in total. The monoisotopic (exact) mass is 296 g/mol. The van der Waals surface area contributed by atoms with Crippen molar-refractivity contribution in [1.29, 1.82) is 0 Å². The van der Waals surface area contributed by atoms with E-state index in [-0.39, 0.29) is 28.8 Å². The molecule has 0 aromatic carbocycles. The number of H-pyrrole nitrogens is 2. The molecule has 0 aliphatic rings. The Morgan fingerprint density at radius 2 is 2.10 bits per heavy atom. The van der Waals surface area contributed by atoms with Gasteiger partial charge >= 0.3 is 5.97 Å². The van der Waals surface area contributed by atoms with Crippen LogP contribution >= 0.6 is 11.8 Å². The van der Waals surface area contributed by atoms with Crippen molar-refractivity contribution >= 4 is 34.7 Å². The van der Waals surface area contributed by atoms with E-state index in [4.69, 9.17) is 5.73 Å². The zero-order valence-corrected chi connectivity index (χ0v) is 11.6. The summed E-state index contributed by atoms with van der Waals surface area (Å²) in [4.78, 5) is 44.1. The number of primary amides is 1. The van der Waals surface area contributed by atoms with E-state index in [2.05, 4.69) is 19.7 Å². The van der Waals surface area contributed by atoms with Gasteiger partial charge in [-0.15, -0.1) is 11.8 Å². The molecule has 0 bridgehead atoms. The summed E-state index contributed by atoms with van der Waals surface area (Å²) in [6, 6.07) is 0. The van der Waals surface area contributed by atoms with E-state index < -0.39 is 17.4 Å². The molecule has 20 heavy (non-hydrogen) atoms. The number of ether oxygens (including phenoxy) is 1. The summed E-state index contributed by atoms with van der Waals surface area (Å²) in [5, 5.41) is 0.552. The number of nitrogens with two attached hydrogens (primary N) is 1. The number of thioether (sulfide) groups is 1. The van der Waals surface area contributed by atoms with Crippen LogP contribution in [0.15, 0.2) is 9.82 Å². The Hall–Kier alpha value is -2.29. The zero-order valence-electron chi connectivity index (χ0n) is 10.8. The number of hydrogen-bond acceptors (Lipinski definition) is 6. The third-order valence-electron chi connectivity index (χ3n) is 2.67. The number of methoxy groups -OCH3 is 1. The van der Waals surface area contributed by atoms with Crippen LogP contribution in [0.1, 0.15) is 16.2 Å². The third kappa shape index (κ3) is 2.39. The summed E-state index contributed by atoms with van der Waals surface area (Å²) in [5.41, 5.74) is 5.07. The second kappa shape index (κ2) is 5.37. The van der Waals surface area contributed by atoms with Crippen molar-refractivity contribution in [3.8, 4) is 0 Å². The first-order valence-corrected chi connectivity index (χ1v) is 6.75. The first-order chi connectivity index (χ1) is 9.47. The molecule has 106 valence electrons. The summed E-state index contributed by atoms with van der Waals surface area (Å²) >= 11 is 1.24. The fourth-order valence-electron chi connectivity index (χ4n) is 1.81. The van der Waals surface area contributed by atoms with Crippen molar-refractivity contribution in [2.75, 3.05) is 13.4 Å². The maximum atomic E-state index is 12.0. The molecular formula is C11H12N4O4S. The van der Waals surface area contributed by atoms with E-state index in [1.807, 2.05) is 0 Å². The molecule has 0 saturated heterocycles. The lowest BCUT2D eigenvalue weighted by atomic mass is 10.2. The maximum absolute atomic E-state index is 12.0. The van der Waals surface area contributed by atoms with E-state index in [1.165, 1.54) is 18.9 Å². The normalized spacial score (nSPS) is 10.7. The van der Waals surface area contributed by atoms with Crippen LogP contribution in [0.5, 0.6) is 0 Å². The molecule has 0 atom stereocenters. The average Bonchev–Trinajstić information content (AvgIpc) is 2.77. The van der Waals surface area contributed by atoms with Crippen molar-refractivity contribution in [2.45, 2.75) is 11.4 Å². The molecule has 2 aromatic rings. The molecule has 9 heteroatoms. The number of aromatic nitrogens is 3. The molecule has 0 fully saturated rings. The number of nitrogens with zero attached hydrogens (tertiary/aromatic N) is 1. The van der Waals surface area contributed by atoms with Gasteiger partial charge in [0.1, 0.15) is 17.9 Å². The van der Waals surface area contributed by atoms with Crippen molar-refractivity contribution < 1.29 is 14.3 Å². The highest BCUT2D eigenvalue weighted by atomic mass is 32.2. The fourth-order valence-corrected chi connectivity index (χ4v) is 2.41. The number of esters is 1. The fraction of sp³-hybridized carbons (Fsp3) is 0.273. The van der Waals surface area contributed by atoms with Gasteiger partial charge in [-0.1, -0.05) is 0 Å². The Morgan fingerprint density at radius 1 is 1.40 bits per heavy atom. The predicted molar refractivity (Wildman–Crippen MR) is 72.7 cm³/mol. The number of carbonyl (C=O) groups excluding carboxylic acids is 2. The van der Waals surface area contributed by atoms with Crippen LogP contribution in [0.2, 0.25) is 0 Å². The quantitative estimate of drug-likeness (QED) is 0.528. The van der Waals surface area contributed by atoms with Gasteiger partial charge in [-0.05, 0) is 6.26 Å². The number of amides is 1. The Balaban J connectivity index is 2.65. The number of carbonyl (C=O) groups is 2. The van der Waals surface area contributed by atoms with Crippen LogP contribution in [-0.4, -0.2) is 40.2 Å². The Morgan fingerprint density at radius 3 is 2.65 bits per heavy atom. The highest BCUT2D eigenvalue weighted by Crippen LogP contribution is 2.24. The smallest absolute Gasteiger partial charge is 0.313 e. The molecule has 0 aliphatic carbocycles. The van der Waals surface area contributed by atoms with Crippen molar-refractivity contribution in [3.63, 3.8) is 0 Å². The lowest BCUT2D eigenvalue weighted by molar-refractivity contribution is -0.139. The average molecular weight is 296 g/mol. The molecule has 2 heterocycles. The number of aromatic amines is 2. The molecule has 0 unspecified atom stereocenters. The lowest BCUT2D eigenvalue weighted by Gasteiger charge is -1.99. The predicted octanol–water partition coefficient (Wildman–Crippen LogP) is -0.212. The zero-order chi connectivity index (χ0) is 14.9. The van der Waals surface area contributed by atoms with E-state index in [9.17, 15) is 14.4 Å². The van der Waals surface area contributed by atoms with Gasteiger partial charge in [0.25, 0.3) is 11.5 Å². The summed E-state index contributed by atoms with van der Waals surface area (Å²) < 4.78 is 4.50. The van der Waals surface area contributed by atoms with Gasteiger partial charge in [0.2, 0.25) is 0 Å². The van der Waals surface area contributed by atoms with Crippen LogP contribution in [-0.2, 0) is 16.0 Å². The van der Waals surface area contributed by atoms with Crippen molar-refractivity contribution in [3.05, 3.63) is 21.7 Å². The molecule has 8 nitrogen and oxygen atoms in total. The molecule has 1 amide bonds. The number of fused-ring (bicyclic) bond motifs is 1. The van der Waals surface area contributed by atoms with Crippen LogP contribution in [0.4, 0.5) is 0 Å². The van der Waals surface area contributed by atoms with Crippen LogP contribution in [0.3, 0.4) is 0 Å². The molecule has 0 aliphatic heterocycles. The molecule has 0 radical (unpaired) electrons. The summed E-state index contributed by atoms with van der Waals surface area (Å²) in [7, 11) is 1.24. The van der Waals surface area contributed by atoms with Gasteiger partial charge in [0, 0.05) is 0 Å². The lowest BCUT2D eigenvalue weighted by Crippen LogP contribution is -2.19. The van der Waals surface area contributed by atoms with E-state index in [1.54, 1.807) is 6.26 Å². The number of nitrogens with one attached hydrogen (secondary N) is 2. The summed E-state index contributed by atoms with van der Waals surface area (Å²) in [6.45, 7) is 0. The largest absolute Gasteiger partial charge is 0.469 e. The number of hydrogen-bond donors (Lipinski definition) is 3. The van der Waals surface area contributed by atoms with Crippen LogP contribution in [0, 0.1) is 0 Å². The number of rotatable bonds is 4. The Kier molecular flexibility index (Phi) is 3.79. The minimum atomic E-state index is -0.714. The maximum Gasteiger partial charge on any atom is 0.313 e. The molecule has 0 spiro atoms. The molecule has 0 saturated carbocycles. The molecule has 2 rings (SSSR count). The second-order valence-electron chi connectivity index (χ2n) is 3.89. The van der Waals surface area contributed by atoms with Crippen LogP contribution in [0.25, 0.3) is 11.0 Å². The molecule has 2 aromatic heterocycles. The van der Waals surface area contributed by atoms with Crippen molar-refractivity contribution in [2.24, 2.45) is 5.73 Å². The standard InChI is InChI=1S/C11H12N4O4S/c1-19-5(16)3-4-13-9-7(10(18)14-4)6(8(12)17)11(15-9)20-2/h3H2,1-2H3,(H2,12,17)(H2,13,14,15,18). The second-order valence-corrected chi connectivity index (χ2v) is 4.70. The van der Waals surface area contributed by atoms with E-state index in [0.717, 1.165) is 0 Å². The first-order valence-electron chi connectivity index (χ1n) is 5.53. The van der Waals surface area contributed by atoms with Gasteiger partial charge in [-0.25, -0.2) is 4.98 Å². The van der Waals surface area contributed by atoms with Gasteiger partial charge < -0.3 is 20.4 Å². The summed E-state index contributed by atoms with van der Waals surface area (Å²) in [5.74, 6) is -1.09. The molecular weight excluding hydrogens is 284 g/mol. The first kappa shape index (κ1) is 14.1. The minimum absolute atomic E-state index is 0.0930.